The van der Waals surface area contributed by atoms with E-state index in [9.17, 15) is 0 Å². The van der Waals surface area contributed by atoms with Crippen LogP contribution >= 0.6 is 0 Å². The first-order chi connectivity index (χ1) is 6.93. The third-order valence-electron chi connectivity index (χ3n) is 2.96. The van der Waals surface area contributed by atoms with E-state index in [1.54, 1.807) is 0 Å². The number of hydrogen-bond acceptors (Lipinski definition) is 2. The Morgan fingerprint density at radius 2 is 2.21 bits per heavy atom. The normalized spacial score (nSPS) is 23.4. The van der Waals surface area contributed by atoms with E-state index in [4.69, 9.17) is 4.74 Å². The minimum absolute atomic E-state index is 0.860. The zero-order valence-corrected chi connectivity index (χ0v) is 9.56. The SMILES string of the molecule is CCCCOCCC1CCCCNC1. The van der Waals surface area contributed by atoms with Crippen LogP contribution in [0.2, 0.25) is 0 Å². The lowest BCUT2D eigenvalue weighted by Gasteiger charge is -2.13. The highest BCUT2D eigenvalue weighted by Crippen LogP contribution is 2.14. The molecule has 1 unspecified atom stereocenters. The molecule has 0 spiro atoms. The Morgan fingerprint density at radius 3 is 3.07 bits per heavy atom. The quantitative estimate of drug-likeness (QED) is 0.664. The highest BCUT2D eigenvalue weighted by atomic mass is 16.5. The summed E-state index contributed by atoms with van der Waals surface area (Å²) in [6.45, 7) is 6.55. The maximum Gasteiger partial charge on any atom is 0.0469 e. The Labute approximate surface area is 88.4 Å². The molecule has 14 heavy (non-hydrogen) atoms. The fourth-order valence-electron chi connectivity index (χ4n) is 1.94. The number of hydrogen-bond donors (Lipinski definition) is 1. The highest BCUT2D eigenvalue weighted by Gasteiger charge is 2.10. The number of unbranched alkanes of at least 4 members (excludes halogenated alkanes) is 1. The molecule has 1 fully saturated rings. The van der Waals surface area contributed by atoms with Crippen LogP contribution in [0.5, 0.6) is 0 Å². The van der Waals surface area contributed by atoms with Gasteiger partial charge in [-0.25, -0.2) is 0 Å². The van der Waals surface area contributed by atoms with Gasteiger partial charge in [0.1, 0.15) is 0 Å². The summed E-state index contributed by atoms with van der Waals surface area (Å²) in [5, 5.41) is 3.49. The van der Waals surface area contributed by atoms with E-state index >= 15 is 0 Å². The summed E-state index contributed by atoms with van der Waals surface area (Å²) in [4.78, 5) is 0. The summed E-state index contributed by atoms with van der Waals surface area (Å²) in [7, 11) is 0. The second-order valence-corrected chi connectivity index (χ2v) is 4.32. The van der Waals surface area contributed by atoms with Crippen LogP contribution < -0.4 is 5.32 Å². The Kier molecular flexibility index (Phi) is 7.06. The van der Waals surface area contributed by atoms with Crippen LogP contribution in [0.15, 0.2) is 0 Å². The van der Waals surface area contributed by atoms with E-state index in [1.807, 2.05) is 0 Å². The van der Waals surface area contributed by atoms with Gasteiger partial charge in [0.05, 0.1) is 0 Å². The zero-order chi connectivity index (χ0) is 10.1. The Hall–Kier alpha value is -0.0800. The standard InChI is InChI=1S/C12H25NO/c1-2-3-9-14-10-7-12-6-4-5-8-13-11-12/h12-13H,2-11H2,1H3. The maximum absolute atomic E-state index is 5.59. The van der Waals surface area contributed by atoms with Gasteiger partial charge < -0.3 is 10.1 Å². The predicted octanol–water partition coefficient (Wildman–Crippen LogP) is 2.58. The third kappa shape index (κ3) is 5.61. The molecule has 0 bridgehead atoms. The average Bonchev–Trinajstić information content (AvgIpc) is 2.46. The highest BCUT2D eigenvalue weighted by molar-refractivity contribution is 4.67. The topological polar surface area (TPSA) is 21.3 Å². The second kappa shape index (κ2) is 8.25. The number of ether oxygens (including phenoxy) is 1. The molecule has 1 saturated heterocycles. The van der Waals surface area contributed by atoms with Crippen molar-refractivity contribution in [2.45, 2.75) is 45.4 Å². The molecule has 0 aromatic carbocycles. The molecule has 0 radical (unpaired) electrons. The fraction of sp³-hybridized carbons (Fsp3) is 1.00. The van der Waals surface area contributed by atoms with Gasteiger partial charge in [-0.15, -0.1) is 0 Å². The minimum Gasteiger partial charge on any atom is -0.381 e. The van der Waals surface area contributed by atoms with Crippen molar-refractivity contribution in [1.82, 2.24) is 5.32 Å². The molecular formula is C12H25NO. The van der Waals surface area contributed by atoms with Crippen LogP contribution in [0.4, 0.5) is 0 Å². The van der Waals surface area contributed by atoms with Gasteiger partial charge >= 0.3 is 0 Å². The van der Waals surface area contributed by atoms with Gasteiger partial charge in [0.15, 0.2) is 0 Å². The Morgan fingerprint density at radius 1 is 1.29 bits per heavy atom. The van der Waals surface area contributed by atoms with Crippen molar-refractivity contribution in [2.24, 2.45) is 5.92 Å². The molecule has 1 N–H and O–H groups in total. The van der Waals surface area contributed by atoms with Crippen LogP contribution in [0, 0.1) is 5.92 Å². The molecule has 1 aliphatic rings. The van der Waals surface area contributed by atoms with Crippen molar-refractivity contribution in [2.75, 3.05) is 26.3 Å². The van der Waals surface area contributed by atoms with Crippen molar-refractivity contribution in [3.63, 3.8) is 0 Å². The van der Waals surface area contributed by atoms with E-state index in [2.05, 4.69) is 12.2 Å². The molecule has 2 heteroatoms. The molecule has 0 amide bonds. The largest absolute Gasteiger partial charge is 0.381 e. The summed E-state index contributed by atoms with van der Waals surface area (Å²) in [5.41, 5.74) is 0. The molecular weight excluding hydrogens is 174 g/mol. The smallest absolute Gasteiger partial charge is 0.0469 e. The summed E-state index contributed by atoms with van der Waals surface area (Å²) in [6, 6.07) is 0. The Balaban J connectivity index is 1.93. The maximum atomic E-state index is 5.59. The second-order valence-electron chi connectivity index (χ2n) is 4.32. The van der Waals surface area contributed by atoms with Gasteiger partial charge in [0, 0.05) is 13.2 Å². The van der Waals surface area contributed by atoms with Crippen LogP contribution in [0.1, 0.15) is 45.4 Å². The molecule has 1 atom stereocenters. The first-order valence-electron chi connectivity index (χ1n) is 6.22. The van der Waals surface area contributed by atoms with Crippen LogP contribution in [0.25, 0.3) is 0 Å². The van der Waals surface area contributed by atoms with Crippen molar-refractivity contribution in [1.29, 1.82) is 0 Å². The van der Waals surface area contributed by atoms with Crippen LogP contribution in [-0.2, 0) is 4.74 Å². The van der Waals surface area contributed by atoms with Crippen LogP contribution in [-0.4, -0.2) is 26.3 Å². The van der Waals surface area contributed by atoms with E-state index in [1.165, 1.54) is 51.6 Å². The number of rotatable bonds is 6. The molecule has 0 aromatic heterocycles. The van der Waals surface area contributed by atoms with Gasteiger partial charge in [-0.2, -0.15) is 0 Å². The van der Waals surface area contributed by atoms with E-state index in [-0.39, 0.29) is 0 Å². The predicted molar refractivity (Wildman–Crippen MR) is 60.6 cm³/mol. The molecule has 84 valence electrons. The van der Waals surface area contributed by atoms with E-state index in [0.717, 1.165) is 19.1 Å². The van der Waals surface area contributed by atoms with Gasteiger partial charge in [0.25, 0.3) is 0 Å². The summed E-state index contributed by atoms with van der Waals surface area (Å²) in [5.74, 6) is 0.860. The van der Waals surface area contributed by atoms with Gasteiger partial charge in [-0.3, -0.25) is 0 Å². The number of nitrogens with one attached hydrogen (secondary N) is 1. The van der Waals surface area contributed by atoms with Crippen molar-refractivity contribution in [3.05, 3.63) is 0 Å². The van der Waals surface area contributed by atoms with E-state index < -0.39 is 0 Å². The molecule has 1 rings (SSSR count). The minimum atomic E-state index is 0.860. The first kappa shape index (κ1) is 12.0. The average molecular weight is 199 g/mol. The fourth-order valence-corrected chi connectivity index (χ4v) is 1.94. The van der Waals surface area contributed by atoms with Gasteiger partial charge in [-0.05, 0) is 44.7 Å². The molecule has 1 aliphatic heterocycles. The van der Waals surface area contributed by atoms with Crippen LogP contribution in [0.3, 0.4) is 0 Å². The van der Waals surface area contributed by atoms with Gasteiger partial charge in [-0.1, -0.05) is 19.8 Å². The van der Waals surface area contributed by atoms with Gasteiger partial charge in [0.2, 0.25) is 0 Å². The molecule has 2 nitrogen and oxygen atoms in total. The van der Waals surface area contributed by atoms with Crippen molar-refractivity contribution >= 4 is 0 Å². The summed E-state index contributed by atoms with van der Waals surface area (Å²) in [6.07, 6.45) is 7.84. The zero-order valence-electron chi connectivity index (χ0n) is 9.56. The Bertz CT molecular complexity index is 119. The monoisotopic (exact) mass is 199 g/mol. The third-order valence-corrected chi connectivity index (χ3v) is 2.96. The molecule has 0 aliphatic carbocycles. The van der Waals surface area contributed by atoms with E-state index in [0.29, 0.717) is 0 Å². The lowest BCUT2D eigenvalue weighted by molar-refractivity contribution is 0.116. The summed E-state index contributed by atoms with van der Waals surface area (Å²) < 4.78 is 5.59. The molecule has 0 saturated carbocycles. The lowest BCUT2D eigenvalue weighted by Crippen LogP contribution is -2.21. The molecule has 1 heterocycles. The summed E-state index contributed by atoms with van der Waals surface area (Å²) >= 11 is 0. The lowest BCUT2D eigenvalue weighted by atomic mass is 10.0. The molecule has 0 aromatic rings. The van der Waals surface area contributed by atoms with Crippen molar-refractivity contribution in [3.8, 4) is 0 Å². The van der Waals surface area contributed by atoms with Crippen molar-refractivity contribution < 1.29 is 4.74 Å². The first-order valence-corrected chi connectivity index (χ1v) is 6.22.